The number of benzene rings is 2. The van der Waals surface area contributed by atoms with E-state index in [0.29, 0.717) is 18.4 Å². The molecule has 0 fully saturated rings. The molecular formula is C22H30N2O5S. The van der Waals surface area contributed by atoms with Gasteiger partial charge in [-0.05, 0) is 48.4 Å². The molecule has 0 aliphatic carbocycles. The summed E-state index contributed by atoms with van der Waals surface area (Å²) >= 11 is 0. The molecule has 8 heteroatoms. The van der Waals surface area contributed by atoms with Gasteiger partial charge >= 0.3 is 6.09 Å². The van der Waals surface area contributed by atoms with E-state index in [1.165, 1.54) is 16.4 Å². The zero-order valence-electron chi connectivity index (χ0n) is 17.6. The van der Waals surface area contributed by atoms with Crippen LogP contribution in [0.4, 0.5) is 10.5 Å². The molecular weight excluding hydrogens is 404 g/mol. The van der Waals surface area contributed by atoms with E-state index in [1.54, 1.807) is 36.4 Å². The predicted octanol–water partition coefficient (Wildman–Crippen LogP) is 4.08. The summed E-state index contributed by atoms with van der Waals surface area (Å²) in [6, 6.07) is 13.2. The fraction of sp³-hybridized carbons (Fsp3) is 0.409. The number of hydrogen-bond donors (Lipinski definition) is 3. The standard InChI is InChI=1S/C22H30N2O5S/c1-16(2)12-13-24(30(28,29)19-9-5-4-6-10-19)20-11-7-8-18(21(20)25)14-17(3)15-23-22(26)27/h4-11,16-17,23,25H,12-15H2,1-3H3,(H,26,27)/t17-/m1/s1. The normalized spacial score (nSPS) is 12.5. The number of aromatic hydroxyl groups is 1. The van der Waals surface area contributed by atoms with Gasteiger partial charge in [0.2, 0.25) is 0 Å². The zero-order chi connectivity index (χ0) is 22.3. The minimum Gasteiger partial charge on any atom is -0.505 e. The molecule has 0 radical (unpaired) electrons. The monoisotopic (exact) mass is 434 g/mol. The highest BCUT2D eigenvalue weighted by molar-refractivity contribution is 7.92. The van der Waals surface area contributed by atoms with Crippen LogP contribution in [0, 0.1) is 11.8 Å². The summed E-state index contributed by atoms with van der Waals surface area (Å²) in [5, 5.41) is 22.0. The number of phenols is 1. The van der Waals surface area contributed by atoms with Crippen LogP contribution in [-0.4, -0.2) is 37.8 Å². The highest BCUT2D eigenvalue weighted by Crippen LogP contribution is 2.36. The summed E-state index contributed by atoms with van der Waals surface area (Å²) < 4.78 is 28.0. The number of amides is 1. The lowest BCUT2D eigenvalue weighted by Crippen LogP contribution is -2.33. The number of phenolic OH excluding ortho intramolecular Hbond substituents is 1. The third kappa shape index (κ3) is 6.13. The summed E-state index contributed by atoms with van der Waals surface area (Å²) in [6.07, 6.45) is -0.0634. The first kappa shape index (κ1) is 23.5. The van der Waals surface area contributed by atoms with E-state index in [1.807, 2.05) is 20.8 Å². The lowest BCUT2D eigenvalue weighted by Gasteiger charge is -2.27. The van der Waals surface area contributed by atoms with Gasteiger partial charge in [0.25, 0.3) is 10.0 Å². The van der Waals surface area contributed by atoms with Gasteiger partial charge in [0.1, 0.15) is 5.75 Å². The van der Waals surface area contributed by atoms with Crippen LogP contribution in [0.3, 0.4) is 0 Å². The van der Waals surface area contributed by atoms with E-state index in [0.717, 1.165) is 0 Å². The van der Waals surface area contributed by atoms with E-state index in [-0.39, 0.29) is 41.3 Å². The van der Waals surface area contributed by atoms with Gasteiger partial charge in [-0.2, -0.15) is 0 Å². The van der Waals surface area contributed by atoms with E-state index >= 15 is 0 Å². The highest BCUT2D eigenvalue weighted by atomic mass is 32.2. The Kier molecular flexibility index (Phi) is 8.11. The molecule has 0 saturated carbocycles. The number of anilines is 1. The van der Waals surface area contributed by atoms with Crippen molar-refractivity contribution in [3.05, 3.63) is 54.1 Å². The molecule has 0 heterocycles. The maximum Gasteiger partial charge on any atom is 0.404 e. The van der Waals surface area contributed by atoms with Crippen molar-refractivity contribution in [3.63, 3.8) is 0 Å². The SMILES string of the molecule is CC(C)CCN(c1cccc(C[C@@H](C)CNC(=O)O)c1O)S(=O)(=O)c1ccccc1. The molecule has 0 unspecified atom stereocenters. The van der Waals surface area contributed by atoms with Crippen LogP contribution in [-0.2, 0) is 16.4 Å². The first-order valence-electron chi connectivity index (χ1n) is 9.98. The Morgan fingerprint density at radius 2 is 1.73 bits per heavy atom. The van der Waals surface area contributed by atoms with Gasteiger partial charge in [-0.1, -0.05) is 51.1 Å². The predicted molar refractivity (Wildman–Crippen MR) is 117 cm³/mol. The van der Waals surface area contributed by atoms with Crippen molar-refractivity contribution in [2.45, 2.75) is 38.5 Å². The van der Waals surface area contributed by atoms with E-state index in [9.17, 15) is 18.3 Å². The van der Waals surface area contributed by atoms with Crippen molar-refractivity contribution in [2.24, 2.45) is 11.8 Å². The van der Waals surface area contributed by atoms with Gasteiger partial charge in [0, 0.05) is 13.1 Å². The Labute approximate surface area is 178 Å². The van der Waals surface area contributed by atoms with Gasteiger partial charge in [-0.3, -0.25) is 4.31 Å². The van der Waals surface area contributed by atoms with Crippen molar-refractivity contribution in [1.29, 1.82) is 0 Å². The second-order valence-corrected chi connectivity index (χ2v) is 9.72. The van der Waals surface area contributed by atoms with Crippen LogP contribution in [0.25, 0.3) is 0 Å². The van der Waals surface area contributed by atoms with Crippen molar-refractivity contribution >= 4 is 21.8 Å². The van der Waals surface area contributed by atoms with Crippen LogP contribution in [0.1, 0.15) is 32.8 Å². The summed E-state index contributed by atoms with van der Waals surface area (Å²) in [4.78, 5) is 10.9. The molecule has 1 amide bonds. The van der Waals surface area contributed by atoms with Crippen LogP contribution in [0.5, 0.6) is 5.75 Å². The van der Waals surface area contributed by atoms with E-state index < -0.39 is 16.1 Å². The maximum absolute atomic E-state index is 13.3. The average molecular weight is 435 g/mol. The molecule has 0 aliphatic heterocycles. The number of carboxylic acid groups (broad SMARTS) is 1. The zero-order valence-corrected chi connectivity index (χ0v) is 18.4. The van der Waals surface area contributed by atoms with Gasteiger partial charge in [0.15, 0.2) is 0 Å². The van der Waals surface area contributed by atoms with Gasteiger partial charge in [-0.25, -0.2) is 13.2 Å². The Bertz CT molecular complexity index is 945. The molecule has 0 spiro atoms. The first-order valence-corrected chi connectivity index (χ1v) is 11.4. The third-order valence-corrected chi connectivity index (χ3v) is 6.61. The number of hydrogen-bond acceptors (Lipinski definition) is 4. The van der Waals surface area contributed by atoms with Crippen molar-refractivity contribution in [3.8, 4) is 5.75 Å². The van der Waals surface area contributed by atoms with Gasteiger partial charge in [-0.15, -0.1) is 0 Å². The van der Waals surface area contributed by atoms with Crippen molar-refractivity contribution in [2.75, 3.05) is 17.4 Å². The Morgan fingerprint density at radius 1 is 1.07 bits per heavy atom. The van der Waals surface area contributed by atoms with Crippen molar-refractivity contribution < 1.29 is 23.4 Å². The fourth-order valence-electron chi connectivity index (χ4n) is 3.12. The number of rotatable bonds is 10. The summed E-state index contributed by atoms with van der Waals surface area (Å²) in [5.41, 5.74) is 0.806. The fourth-order valence-corrected chi connectivity index (χ4v) is 4.63. The molecule has 2 rings (SSSR count). The lowest BCUT2D eigenvalue weighted by molar-refractivity contribution is 0.192. The molecule has 164 valence electrons. The highest BCUT2D eigenvalue weighted by Gasteiger charge is 2.28. The molecule has 0 saturated heterocycles. The van der Waals surface area contributed by atoms with Gasteiger partial charge in [0.05, 0.1) is 10.6 Å². The lowest BCUT2D eigenvalue weighted by atomic mass is 9.99. The topological polar surface area (TPSA) is 107 Å². The molecule has 2 aromatic rings. The van der Waals surface area contributed by atoms with Gasteiger partial charge < -0.3 is 15.5 Å². The maximum atomic E-state index is 13.3. The number of nitrogens with one attached hydrogen (secondary N) is 1. The molecule has 1 atom stereocenters. The molecule has 7 nitrogen and oxygen atoms in total. The van der Waals surface area contributed by atoms with E-state index in [2.05, 4.69) is 5.32 Å². The summed E-state index contributed by atoms with van der Waals surface area (Å²) in [6.45, 7) is 6.36. The van der Waals surface area contributed by atoms with Crippen LogP contribution in [0.15, 0.2) is 53.4 Å². The minimum atomic E-state index is -3.86. The largest absolute Gasteiger partial charge is 0.505 e. The van der Waals surface area contributed by atoms with Crippen LogP contribution in [0.2, 0.25) is 0 Å². The number of nitrogens with zero attached hydrogens (tertiary/aromatic N) is 1. The first-order chi connectivity index (χ1) is 14.1. The quantitative estimate of drug-likeness (QED) is 0.522. The molecule has 0 aliphatic rings. The van der Waals surface area contributed by atoms with Crippen LogP contribution >= 0.6 is 0 Å². The average Bonchev–Trinajstić information content (AvgIpc) is 2.69. The minimum absolute atomic E-state index is 0.0721. The molecule has 2 aromatic carbocycles. The number of sulfonamides is 1. The third-order valence-electron chi connectivity index (χ3n) is 4.78. The summed E-state index contributed by atoms with van der Waals surface area (Å²) in [7, 11) is -3.86. The molecule has 30 heavy (non-hydrogen) atoms. The Hall–Kier alpha value is -2.74. The van der Waals surface area contributed by atoms with Crippen LogP contribution < -0.4 is 9.62 Å². The van der Waals surface area contributed by atoms with Crippen molar-refractivity contribution in [1.82, 2.24) is 5.32 Å². The number of carbonyl (C=O) groups is 1. The second kappa shape index (κ2) is 10.3. The van der Waals surface area contributed by atoms with E-state index in [4.69, 9.17) is 5.11 Å². The second-order valence-electron chi connectivity index (χ2n) is 7.85. The smallest absolute Gasteiger partial charge is 0.404 e. The molecule has 3 N–H and O–H groups in total. The Morgan fingerprint density at radius 3 is 2.33 bits per heavy atom. The number of para-hydroxylation sites is 1. The Balaban J connectivity index is 2.40. The molecule has 0 bridgehead atoms. The molecule has 0 aromatic heterocycles. The summed E-state index contributed by atoms with van der Waals surface area (Å²) in [5.74, 6) is 0.117.